The molecule has 0 fully saturated rings. The Morgan fingerprint density at radius 1 is 1.55 bits per heavy atom. The Balaban J connectivity index is 2.50. The normalized spacial score (nSPS) is 16.3. The molecular weight excluding hydrogens is 162 g/mol. The lowest BCUT2D eigenvalue weighted by Gasteiger charge is -1.98. The first-order valence-corrected chi connectivity index (χ1v) is 3.61. The second-order valence-electron chi connectivity index (χ2n) is 1.91. The number of hydrogen-bond acceptors (Lipinski definition) is 3. The number of nitrogens with one attached hydrogen (secondary N) is 1. The SMILES string of the molecule is ClC=CCC1=CN=CN=CN1. The zero-order valence-corrected chi connectivity index (χ0v) is 6.62. The van der Waals surface area contributed by atoms with Crippen molar-refractivity contribution in [1.29, 1.82) is 0 Å². The molecule has 0 unspecified atom stereocenters. The van der Waals surface area contributed by atoms with Crippen LogP contribution in [0.15, 0.2) is 33.5 Å². The van der Waals surface area contributed by atoms with E-state index in [9.17, 15) is 0 Å². The first-order chi connectivity index (χ1) is 5.43. The van der Waals surface area contributed by atoms with E-state index in [1.54, 1.807) is 12.5 Å². The molecule has 0 bridgehead atoms. The summed E-state index contributed by atoms with van der Waals surface area (Å²) in [6, 6.07) is 0. The van der Waals surface area contributed by atoms with Gasteiger partial charge in [-0.15, -0.1) is 0 Å². The van der Waals surface area contributed by atoms with E-state index in [2.05, 4.69) is 15.3 Å². The summed E-state index contributed by atoms with van der Waals surface area (Å²) in [4.78, 5) is 7.67. The number of allylic oxidation sites excluding steroid dienone is 1. The summed E-state index contributed by atoms with van der Waals surface area (Å²) in [5.74, 6) is 0. The Kier molecular flexibility index (Phi) is 3.41. The first kappa shape index (κ1) is 8.01. The van der Waals surface area contributed by atoms with Crippen molar-refractivity contribution < 1.29 is 0 Å². The van der Waals surface area contributed by atoms with Crippen molar-refractivity contribution in [3.05, 3.63) is 23.5 Å². The summed E-state index contributed by atoms with van der Waals surface area (Å²) in [5.41, 5.74) is 2.45. The zero-order valence-electron chi connectivity index (χ0n) is 5.87. The molecule has 0 aliphatic carbocycles. The van der Waals surface area contributed by atoms with Gasteiger partial charge < -0.3 is 5.32 Å². The lowest BCUT2D eigenvalue weighted by atomic mass is 10.3. The average Bonchev–Trinajstić information content (AvgIpc) is 2.28. The monoisotopic (exact) mass is 169 g/mol. The molecule has 0 aromatic carbocycles. The molecule has 1 aliphatic heterocycles. The van der Waals surface area contributed by atoms with Crippen molar-refractivity contribution in [3.8, 4) is 0 Å². The molecular formula is C7H8ClN3. The van der Waals surface area contributed by atoms with Crippen molar-refractivity contribution in [3.63, 3.8) is 0 Å². The lowest BCUT2D eigenvalue weighted by molar-refractivity contribution is 1.05. The lowest BCUT2D eigenvalue weighted by Crippen LogP contribution is -2.08. The highest BCUT2D eigenvalue weighted by Crippen LogP contribution is 1.99. The van der Waals surface area contributed by atoms with Crippen molar-refractivity contribution in [1.82, 2.24) is 5.32 Å². The van der Waals surface area contributed by atoms with Gasteiger partial charge in [0.15, 0.2) is 0 Å². The van der Waals surface area contributed by atoms with E-state index >= 15 is 0 Å². The van der Waals surface area contributed by atoms with Gasteiger partial charge in [0.2, 0.25) is 0 Å². The maximum Gasteiger partial charge on any atom is 0.117 e. The third-order valence-corrected chi connectivity index (χ3v) is 1.29. The molecule has 0 saturated heterocycles. The zero-order chi connectivity index (χ0) is 7.94. The highest BCUT2D eigenvalue weighted by atomic mass is 35.5. The Labute approximate surface area is 70.2 Å². The predicted molar refractivity (Wildman–Crippen MR) is 47.8 cm³/mol. The summed E-state index contributed by atoms with van der Waals surface area (Å²) >= 11 is 5.35. The van der Waals surface area contributed by atoms with E-state index in [-0.39, 0.29) is 0 Å². The van der Waals surface area contributed by atoms with Crippen LogP contribution >= 0.6 is 11.6 Å². The van der Waals surface area contributed by atoms with E-state index < -0.39 is 0 Å². The number of nitrogens with zero attached hydrogens (tertiary/aromatic N) is 2. The molecule has 0 aromatic heterocycles. The molecule has 0 spiro atoms. The molecule has 0 aromatic rings. The van der Waals surface area contributed by atoms with Crippen LogP contribution in [0.5, 0.6) is 0 Å². The first-order valence-electron chi connectivity index (χ1n) is 3.17. The molecule has 3 nitrogen and oxygen atoms in total. The van der Waals surface area contributed by atoms with Gasteiger partial charge in [0.05, 0.1) is 6.34 Å². The van der Waals surface area contributed by atoms with Gasteiger partial charge in [0, 0.05) is 23.9 Å². The van der Waals surface area contributed by atoms with Gasteiger partial charge in [0.1, 0.15) is 6.34 Å². The van der Waals surface area contributed by atoms with Crippen LogP contribution in [-0.4, -0.2) is 12.7 Å². The summed E-state index contributed by atoms with van der Waals surface area (Å²) < 4.78 is 0. The Hall–Kier alpha value is -1.09. The minimum absolute atomic E-state index is 0.743. The van der Waals surface area contributed by atoms with Crippen LogP contribution in [0.2, 0.25) is 0 Å². The van der Waals surface area contributed by atoms with Crippen molar-refractivity contribution in [2.75, 3.05) is 0 Å². The molecule has 0 amide bonds. The molecule has 4 heteroatoms. The maximum atomic E-state index is 5.35. The van der Waals surface area contributed by atoms with Crippen LogP contribution in [0.25, 0.3) is 0 Å². The van der Waals surface area contributed by atoms with Gasteiger partial charge >= 0.3 is 0 Å². The molecule has 0 saturated carbocycles. The van der Waals surface area contributed by atoms with Crippen molar-refractivity contribution in [2.24, 2.45) is 9.98 Å². The largest absolute Gasteiger partial charge is 0.348 e. The maximum absolute atomic E-state index is 5.35. The third-order valence-electron chi connectivity index (χ3n) is 1.12. The molecule has 1 aliphatic rings. The Bertz CT molecular complexity index is 228. The minimum atomic E-state index is 0.743. The second kappa shape index (κ2) is 4.68. The Morgan fingerprint density at radius 3 is 3.27 bits per heavy atom. The van der Waals surface area contributed by atoms with Crippen LogP contribution in [0.4, 0.5) is 0 Å². The Morgan fingerprint density at radius 2 is 2.45 bits per heavy atom. The molecule has 58 valence electrons. The van der Waals surface area contributed by atoms with E-state index in [0.29, 0.717) is 0 Å². The highest BCUT2D eigenvalue weighted by Gasteiger charge is 1.91. The van der Waals surface area contributed by atoms with Gasteiger partial charge in [-0.1, -0.05) is 17.7 Å². The summed E-state index contributed by atoms with van der Waals surface area (Å²) in [6.45, 7) is 0. The van der Waals surface area contributed by atoms with Crippen LogP contribution < -0.4 is 5.32 Å². The van der Waals surface area contributed by atoms with Crippen molar-refractivity contribution >= 4 is 24.3 Å². The van der Waals surface area contributed by atoms with Gasteiger partial charge in [-0.2, -0.15) is 0 Å². The van der Waals surface area contributed by atoms with E-state index in [0.717, 1.165) is 12.1 Å². The fourth-order valence-electron chi connectivity index (χ4n) is 0.636. The summed E-state index contributed by atoms with van der Waals surface area (Å²) in [5, 5.41) is 2.95. The van der Waals surface area contributed by atoms with E-state index in [1.165, 1.54) is 11.9 Å². The fourth-order valence-corrected chi connectivity index (χ4v) is 0.725. The summed E-state index contributed by atoms with van der Waals surface area (Å²) in [7, 11) is 0. The van der Waals surface area contributed by atoms with Gasteiger partial charge in [-0.25, -0.2) is 9.98 Å². The molecule has 11 heavy (non-hydrogen) atoms. The van der Waals surface area contributed by atoms with E-state index in [1.807, 2.05) is 6.08 Å². The molecule has 1 N–H and O–H groups in total. The predicted octanol–water partition coefficient (Wildman–Crippen LogP) is 1.63. The number of halogens is 1. The smallest absolute Gasteiger partial charge is 0.117 e. The third kappa shape index (κ3) is 3.00. The van der Waals surface area contributed by atoms with Crippen LogP contribution in [0.1, 0.15) is 6.42 Å². The van der Waals surface area contributed by atoms with Gasteiger partial charge in [-0.05, 0) is 0 Å². The van der Waals surface area contributed by atoms with E-state index in [4.69, 9.17) is 11.6 Å². The minimum Gasteiger partial charge on any atom is -0.348 e. The summed E-state index contributed by atoms with van der Waals surface area (Å²) in [6.07, 6.45) is 7.35. The van der Waals surface area contributed by atoms with Crippen molar-refractivity contribution in [2.45, 2.75) is 6.42 Å². The standard InChI is InChI=1S/C7H8ClN3/c8-3-1-2-7-4-9-5-10-6-11-7/h1,3-6H,2H2,(H,9,10,11). The van der Waals surface area contributed by atoms with Crippen LogP contribution in [-0.2, 0) is 0 Å². The number of rotatable bonds is 2. The number of hydrogen-bond donors (Lipinski definition) is 1. The molecule has 0 atom stereocenters. The molecule has 1 heterocycles. The van der Waals surface area contributed by atoms with Gasteiger partial charge in [0.25, 0.3) is 0 Å². The average molecular weight is 170 g/mol. The van der Waals surface area contributed by atoms with Gasteiger partial charge in [-0.3, -0.25) is 0 Å². The van der Waals surface area contributed by atoms with Crippen LogP contribution in [0.3, 0.4) is 0 Å². The quantitative estimate of drug-likeness (QED) is 0.670. The highest BCUT2D eigenvalue weighted by molar-refractivity contribution is 6.25. The molecule has 1 rings (SSSR count). The fraction of sp³-hybridized carbons (Fsp3) is 0.143. The topological polar surface area (TPSA) is 36.8 Å². The molecule has 0 radical (unpaired) electrons. The van der Waals surface area contributed by atoms with Crippen LogP contribution in [0, 0.1) is 0 Å². The second-order valence-corrected chi connectivity index (χ2v) is 2.16. The number of aliphatic imine (C=N–C) groups is 2.